The third-order valence-electron chi connectivity index (χ3n) is 4.30. The minimum Gasteiger partial charge on any atom is -0.490 e. The highest BCUT2D eigenvalue weighted by molar-refractivity contribution is 9.10. The number of aromatic nitrogens is 2. The monoisotopic (exact) mass is 444 g/mol. The van der Waals surface area contributed by atoms with Crippen molar-refractivity contribution in [2.24, 2.45) is 0 Å². The van der Waals surface area contributed by atoms with Gasteiger partial charge < -0.3 is 19.0 Å². The lowest BCUT2D eigenvalue weighted by molar-refractivity contribution is 0.230. The molecular formula is C17H26BBrN2O4S. The summed E-state index contributed by atoms with van der Waals surface area (Å²) in [6.45, 7) is 7.40. The van der Waals surface area contributed by atoms with E-state index in [0.717, 1.165) is 0 Å². The number of nitrogens with zero attached hydrogens (tertiary/aromatic N) is 2. The molecule has 0 unspecified atom stereocenters. The molecule has 6 nitrogen and oxygen atoms in total. The fourth-order valence-corrected chi connectivity index (χ4v) is 3.37. The molecule has 2 N–H and O–H groups in total. The van der Waals surface area contributed by atoms with Crippen molar-refractivity contribution in [3.8, 4) is 11.4 Å². The Kier molecular flexibility index (Phi) is 6.84. The van der Waals surface area contributed by atoms with Crippen LogP contribution in [0.2, 0.25) is 0 Å². The van der Waals surface area contributed by atoms with E-state index in [1.165, 1.54) is 0 Å². The second-order valence-corrected chi connectivity index (χ2v) is 12.0. The molecule has 0 aliphatic heterocycles. The summed E-state index contributed by atoms with van der Waals surface area (Å²) in [4.78, 5) is 0. The Bertz CT molecular complexity index is 733. The maximum atomic E-state index is 9.63. The molecule has 26 heavy (non-hydrogen) atoms. The molecule has 1 aromatic carbocycles. The van der Waals surface area contributed by atoms with Gasteiger partial charge in [0.2, 0.25) is 0 Å². The first-order valence-electron chi connectivity index (χ1n) is 8.22. The maximum absolute atomic E-state index is 9.63. The number of ether oxygens (including phenoxy) is 1. The summed E-state index contributed by atoms with van der Waals surface area (Å²) in [6, 6.07) is 5.12. The first-order chi connectivity index (χ1) is 12.0. The fourth-order valence-electron chi connectivity index (χ4n) is 2.06. The minimum atomic E-state index is -1.61. The van der Waals surface area contributed by atoms with Gasteiger partial charge in [-0.2, -0.15) is 5.10 Å². The second kappa shape index (κ2) is 8.35. The SMILES string of the molecule is CC(C)(C)S(C)(C)OCCOc1cc(-n2cccn2)c(B(O)O)cc1Br. The van der Waals surface area contributed by atoms with Crippen molar-refractivity contribution in [3.05, 3.63) is 35.1 Å². The highest BCUT2D eigenvalue weighted by atomic mass is 79.9. The van der Waals surface area contributed by atoms with Crippen LogP contribution in [0.25, 0.3) is 5.69 Å². The van der Waals surface area contributed by atoms with Gasteiger partial charge >= 0.3 is 7.12 Å². The molecule has 0 saturated carbocycles. The molecule has 2 rings (SSSR count). The van der Waals surface area contributed by atoms with Crippen molar-refractivity contribution in [1.82, 2.24) is 9.78 Å². The largest absolute Gasteiger partial charge is 0.490 e. The molecule has 0 atom stereocenters. The molecule has 0 fully saturated rings. The summed E-state index contributed by atoms with van der Waals surface area (Å²) in [7, 11) is -2.81. The van der Waals surface area contributed by atoms with Crippen molar-refractivity contribution in [2.45, 2.75) is 25.5 Å². The summed E-state index contributed by atoms with van der Waals surface area (Å²) in [5, 5.41) is 23.4. The molecule has 144 valence electrons. The van der Waals surface area contributed by atoms with E-state index >= 15 is 0 Å². The summed E-state index contributed by atoms with van der Waals surface area (Å²) in [6.07, 6.45) is 7.66. The zero-order valence-corrected chi connectivity index (χ0v) is 18.2. The van der Waals surface area contributed by atoms with Gasteiger partial charge in [0.15, 0.2) is 0 Å². The Labute approximate surface area is 165 Å². The van der Waals surface area contributed by atoms with E-state index < -0.39 is 17.4 Å². The van der Waals surface area contributed by atoms with Gasteiger partial charge in [0, 0.05) is 28.7 Å². The Morgan fingerprint density at radius 3 is 2.46 bits per heavy atom. The highest BCUT2D eigenvalue weighted by Gasteiger charge is 2.28. The van der Waals surface area contributed by atoms with Crippen LogP contribution in [0.1, 0.15) is 20.8 Å². The van der Waals surface area contributed by atoms with Crippen LogP contribution in [0.5, 0.6) is 5.75 Å². The maximum Gasteiger partial charge on any atom is 0.490 e. The van der Waals surface area contributed by atoms with E-state index in [1.807, 2.05) is 0 Å². The zero-order chi connectivity index (χ0) is 19.5. The fraction of sp³-hybridized carbons (Fsp3) is 0.471. The van der Waals surface area contributed by atoms with E-state index in [2.05, 4.69) is 54.3 Å². The molecule has 1 heterocycles. The van der Waals surface area contributed by atoms with E-state index in [4.69, 9.17) is 8.92 Å². The quantitative estimate of drug-likeness (QED) is 0.506. The van der Waals surface area contributed by atoms with Crippen molar-refractivity contribution < 1.29 is 19.0 Å². The van der Waals surface area contributed by atoms with Crippen LogP contribution in [-0.2, 0) is 4.18 Å². The Morgan fingerprint density at radius 1 is 1.23 bits per heavy atom. The molecule has 0 aliphatic carbocycles. The smallest absolute Gasteiger partial charge is 0.490 e. The predicted molar refractivity (Wildman–Crippen MR) is 112 cm³/mol. The summed E-state index contributed by atoms with van der Waals surface area (Å²) in [5.74, 6) is 0.590. The van der Waals surface area contributed by atoms with Crippen molar-refractivity contribution in [2.75, 3.05) is 25.7 Å². The summed E-state index contributed by atoms with van der Waals surface area (Å²) in [5.41, 5.74) is 0.882. The molecular weight excluding hydrogens is 419 g/mol. The number of benzene rings is 1. The molecule has 0 bridgehead atoms. The van der Waals surface area contributed by atoms with Gasteiger partial charge in [-0.1, -0.05) is 20.8 Å². The third-order valence-corrected chi connectivity index (χ3v) is 8.63. The van der Waals surface area contributed by atoms with Crippen LogP contribution in [0.3, 0.4) is 0 Å². The molecule has 0 saturated heterocycles. The van der Waals surface area contributed by atoms with Crippen LogP contribution in [-0.4, -0.2) is 57.4 Å². The van der Waals surface area contributed by atoms with Gasteiger partial charge in [0.05, 0.1) is 16.8 Å². The highest BCUT2D eigenvalue weighted by Crippen LogP contribution is 2.53. The average Bonchev–Trinajstić information content (AvgIpc) is 3.05. The predicted octanol–water partition coefficient (Wildman–Crippen LogP) is 2.49. The van der Waals surface area contributed by atoms with E-state index in [0.29, 0.717) is 34.6 Å². The molecule has 0 aliphatic rings. The van der Waals surface area contributed by atoms with E-state index in [9.17, 15) is 10.0 Å². The minimum absolute atomic E-state index is 0.0970. The second-order valence-electron chi connectivity index (χ2n) is 7.18. The summed E-state index contributed by atoms with van der Waals surface area (Å²) >= 11 is 3.42. The average molecular weight is 445 g/mol. The standard InChI is InChI=1S/C17H26BBrN2O4S/c1-17(2,3)26(4,5)25-10-9-24-16-12-15(21-8-6-7-20-21)13(18(22)23)11-14(16)19/h6-8,11-12,22-23H,9-10H2,1-5H3. The third kappa shape index (κ3) is 5.04. The first-order valence-corrected chi connectivity index (χ1v) is 11.4. The number of hydrogen-bond donors (Lipinski definition) is 2. The lowest BCUT2D eigenvalue weighted by atomic mass is 9.79. The lowest BCUT2D eigenvalue weighted by Gasteiger charge is -2.43. The molecule has 0 spiro atoms. The molecule has 2 aromatic rings. The zero-order valence-electron chi connectivity index (χ0n) is 15.8. The van der Waals surface area contributed by atoms with Gasteiger partial charge in [0.1, 0.15) is 12.4 Å². The van der Waals surface area contributed by atoms with Crippen LogP contribution in [0.4, 0.5) is 0 Å². The normalized spacial score (nSPS) is 12.9. The van der Waals surface area contributed by atoms with Gasteiger partial charge in [-0.25, -0.2) is 4.68 Å². The lowest BCUT2D eigenvalue weighted by Crippen LogP contribution is -2.33. The van der Waals surface area contributed by atoms with Gasteiger partial charge in [-0.3, -0.25) is 0 Å². The number of halogens is 1. The van der Waals surface area contributed by atoms with Crippen LogP contribution in [0.15, 0.2) is 35.1 Å². The van der Waals surface area contributed by atoms with Gasteiger partial charge in [0.25, 0.3) is 0 Å². The van der Waals surface area contributed by atoms with Crippen molar-refractivity contribution >= 4 is 38.8 Å². The van der Waals surface area contributed by atoms with Crippen molar-refractivity contribution in [3.63, 3.8) is 0 Å². The number of hydrogen-bond acceptors (Lipinski definition) is 5. The topological polar surface area (TPSA) is 76.7 Å². The Hall–Kier alpha value is -0.995. The van der Waals surface area contributed by atoms with Crippen LogP contribution >= 0.6 is 26.2 Å². The molecule has 0 amide bonds. The van der Waals surface area contributed by atoms with E-state index in [-0.39, 0.29) is 4.75 Å². The molecule has 9 heteroatoms. The number of rotatable bonds is 7. The van der Waals surface area contributed by atoms with Crippen molar-refractivity contribution in [1.29, 1.82) is 0 Å². The molecule has 1 aromatic heterocycles. The van der Waals surface area contributed by atoms with E-state index in [1.54, 1.807) is 35.3 Å². The first kappa shape index (κ1) is 21.3. The molecule has 0 radical (unpaired) electrons. The van der Waals surface area contributed by atoms with Crippen LogP contribution < -0.4 is 10.2 Å². The van der Waals surface area contributed by atoms with Crippen LogP contribution in [0, 0.1) is 0 Å². The van der Waals surface area contributed by atoms with Gasteiger partial charge in [-0.15, -0.1) is 10.3 Å². The van der Waals surface area contributed by atoms with Gasteiger partial charge in [-0.05, 0) is 40.6 Å². The Balaban J connectivity index is 2.12. The Morgan fingerprint density at radius 2 is 1.92 bits per heavy atom. The summed E-state index contributed by atoms with van der Waals surface area (Å²) < 4.78 is 14.2.